The van der Waals surface area contributed by atoms with Crippen LogP contribution in [0.15, 0.2) is 41.3 Å². The van der Waals surface area contributed by atoms with Crippen molar-refractivity contribution in [3.63, 3.8) is 0 Å². The van der Waals surface area contributed by atoms with Gasteiger partial charge in [0.05, 0.1) is 37.5 Å². The monoisotopic (exact) mass is 328 g/mol. The molecular formula is C13H10ClFN2O3S. The predicted octanol–water partition coefficient (Wildman–Crippen LogP) is 3.28. The Kier molecular flexibility index (Phi) is 4.54. The normalized spacial score (nSPS) is 12.1. The molecule has 21 heavy (non-hydrogen) atoms. The molecule has 0 radical (unpaired) electrons. The number of halogens is 2. The summed E-state index contributed by atoms with van der Waals surface area (Å²) < 4.78 is 25.6. The van der Waals surface area contributed by atoms with Crippen LogP contribution in [0.25, 0.3) is 0 Å². The first-order chi connectivity index (χ1) is 9.88. The van der Waals surface area contributed by atoms with Gasteiger partial charge in [-0.05, 0) is 23.8 Å². The Morgan fingerprint density at radius 1 is 1.33 bits per heavy atom. The van der Waals surface area contributed by atoms with Gasteiger partial charge >= 0.3 is 0 Å². The van der Waals surface area contributed by atoms with Gasteiger partial charge in [-0.25, -0.2) is 4.39 Å². The van der Waals surface area contributed by atoms with Gasteiger partial charge in [0.2, 0.25) is 0 Å². The molecule has 0 fully saturated rings. The van der Waals surface area contributed by atoms with E-state index in [2.05, 4.69) is 0 Å². The van der Waals surface area contributed by atoms with E-state index in [-0.39, 0.29) is 26.9 Å². The average Bonchev–Trinajstić information content (AvgIpc) is 2.37. The molecule has 0 aromatic heterocycles. The summed E-state index contributed by atoms with van der Waals surface area (Å²) in [5.74, 6) is -0.879. The number of non-ortho nitro benzene ring substituents is 1. The largest absolute Gasteiger partial charge is 0.398 e. The van der Waals surface area contributed by atoms with Gasteiger partial charge in [0.25, 0.3) is 5.69 Å². The second-order valence-electron chi connectivity index (χ2n) is 4.22. The van der Waals surface area contributed by atoms with Crippen molar-refractivity contribution in [3.8, 4) is 0 Å². The summed E-state index contributed by atoms with van der Waals surface area (Å²) in [5.41, 5.74) is 5.82. The molecule has 2 aromatic carbocycles. The highest BCUT2D eigenvalue weighted by Gasteiger charge is 2.16. The third-order valence-corrected chi connectivity index (χ3v) is 4.61. The lowest BCUT2D eigenvalue weighted by Gasteiger charge is -2.08. The van der Waals surface area contributed by atoms with Crippen molar-refractivity contribution in [2.75, 3.05) is 5.73 Å². The highest BCUT2D eigenvalue weighted by atomic mass is 35.5. The van der Waals surface area contributed by atoms with Gasteiger partial charge in [0.15, 0.2) is 0 Å². The van der Waals surface area contributed by atoms with Crippen LogP contribution < -0.4 is 5.73 Å². The molecule has 2 N–H and O–H groups in total. The lowest BCUT2D eigenvalue weighted by Crippen LogP contribution is -2.03. The smallest absolute Gasteiger partial charge is 0.272 e. The number of nitrogens with two attached hydrogens (primary N) is 1. The fraction of sp³-hybridized carbons (Fsp3) is 0.0769. The zero-order valence-electron chi connectivity index (χ0n) is 10.6. The highest BCUT2D eigenvalue weighted by molar-refractivity contribution is 7.84. The maximum absolute atomic E-state index is 13.3. The summed E-state index contributed by atoms with van der Waals surface area (Å²) in [5, 5.41) is 10.9. The van der Waals surface area contributed by atoms with E-state index < -0.39 is 27.2 Å². The minimum absolute atomic E-state index is 0.119. The van der Waals surface area contributed by atoms with E-state index in [9.17, 15) is 18.7 Å². The molecule has 0 saturated heterocycles. The predicted molar refractivity (Wildman–Crippen MR) is 79.0 cm³/mol. The molecule has 2 aromatic rings. The molecule has 0 spiro atoms. The second-order valence-corrected chi connectivity index (χ2v) is 6.02. The lowest BCUT2D eigenvalue weighted by atomic mass is 10.2. The first-order valence-electron chi connectivity index (χ1n) is 5.74. The van der Waals surface area contributed by atoms with E-state index in [1.54, 1.807) is 18.2 Å². The number of hydrogen-bond acceptors (Lipinski definition) is 4. The number of nitro groups is 1. The summed E-state index contributed by atoms with van der Waals surface area (Å²) in [6.07, 6.45) is 0. The molecule has 0 saturated carbocycles. The molecule has 0 bridgehead atoms. The van der Waals surface area contributed by atoms with Crippen molar-refractivity contribution in [1.29, 1.82) is 0 Å². The Bertz CT molecular complexity index is 719. The van der Waals surface area contributed by atoms with Crippen LogP contribution in [0.3, 0.4) is 0 Å². The number of anilines is 1. The second kappa shape index (κ2) is 6.19. The minimum Gasteiger partial charge on any atom is -0.398 e. The number of hydrogen-bond donors (Lipinski definition) is 1. The van der Waals surface area contributed by atoms with Crippen molar-refractivity contribution in [3.05, 3.63) is 62.9 Å². The van der Waals surface area contributed by atoms with E-state index in [4.69, 9.17) is 17.3 Å². The molecule has 2 rings (SSSR count). The van der Waals surface area contributed by atoms with Gasteiger partial charge in [-0.3, -0.25) is 14.3 Å². The SMILES string of the molecule is Nc1cccc(Cl)c1S(=O)Cc1cc(F)cc([N+](=O)[O-])c1. The van der Waals surface area contributed by atoms with E-state index in [0.717, 1.165) is 12.1 Å². The molecule has 0 heterocycles. The maximum Gasteiger partial charge on any atom is 0.272 e. The maximum atomic E-state index is 13.3. The standard InChI is InChI=1S/C13H10ClFN2O3S/c14-11-2-1-3-12(16)13(11)21(20)7-8-4-9(15)6-10(5-8)17(18)19/h1-6H,7,16H2. The minimum atomic E-state index is -1.63. The van der Waals surface area contributed by atoms with Crippen molar-refractivity contribution in [2.45, 2.75) is 10.6 Å². The van der Waals surface area contributed by atoms with Gasteiger partial charge in [-0.2, -0.15) is 0 Å². The third-order valence-electron chi connectivity index (χ3n) is 2.68. The van der Waals surface area contributed by atoms with Crippen LogP contribution in [0, 0.1) is 15.9 Å². The first kappa shape index (κ1) is 15.4. The molecule has 0 aliphatic rings. The fourth-order valence-electron chi connectivity index (χ4n) is 1.81. The summed E-state index contributed by atoms with van der Waals surface area (Å²) >= 11 is 5.95. The summed E-state index contributed by atoms with van der Waals surface area (Å²) in [4.78, 5) is 10.2. The Balaban J connectivity index is 2.34. The van der Waals surface area contributed by atoms with Crippen LogP contribution in [-0.2, 0) is 16.6 Å². The van der Waals surface area contributed by atoms with E-state index in [0.29, 0.717) is 0 Å². The number of nitro benzene ring substituents is 1. The zero-order valence-corrected chi connectivity index (χ0v) is 12.2. The van der Waals surface area contributed by atoms with Crippen molar-refractivity contribution >= 4 is 33.8 Å². The van der Waals surface area contributed by atoms with E-state index >= 15 is 0 Å². The summed E-state index contributed by atoms with van der Waals surface area (Å²) in [6.45, 7) is 0. The molecule has 110 valence electrons. The van der Waals surface area contributed by atoms with Crippen LogP contribution in [0.4, 0.5) is 15.8 Å². The Hall–Kier alpha value is -1.99. The Morgan fingerprint density at radius 2 is 2.05 bits per heavy atom. The first-order valence-corrected chi connectivity index (χ1v) is 7.44. The van der Waals surface area contributed by atoms with Crippen LogP contribution in [0.1, 0.15) is 5.56 Å². The molecule has 1 atom stereocenters. The van der Waals surface area contributed by atoms with Crippen LogP contribution in [-0.4, -0.2) is 9.13 Å². The zero-order chi connectivity index (χ0) is 15.6. The molecule has 0 aliphatic heterocycles. The topological polar surface area (TPSA) is 86.2 Å². The van der Waals surface area contributed by atoms with Gasteiger partial charge in [0.1, 0.15) is 5.82 Å². The fourth-order valence-corrected chi connectivity index (χ4v) is 3.48. The molecule has 5 nitrogen and oxygen atoms in total. The summed E-state index contributed by atoms with van der Waals surface area (Å²) in [7, 11) is -1.63. The highest BCUT2D eigenvalue weighted by Crippen LogP contribution is 2.28. The van der Waals surface area contributed by atoms with Gasteiger partial charge < -0.3 is 5.73 Å². The van der Waals surface area contributed by atoms with Crippen molar-refractivity contribution < 1.29 is 13.5 Å². The van der Waals surface area contributed by atoms with Crippen molar-refractivity contribution in [2.24, 2.45) is 0 Å². The van der Waals surface area contributed by atoms with E-state index in [1.807, 2.05) is 0 Å². The van der Waals surface area contributed by atoms with E-state index in [1.165, 1.54) is 6.07 Å². The van der Waals surface area contributed by atoms with Gasteiger partial charge in [-0.1, -0.05) is 17.7 Å². The molecule has 0 aliphatic carbocycles. The van der Waals surface area contributed by atoms with Crippen LogP contribution >= 0.6 is 11.6 Å². The van der Waals surface area contributed by atoms with Crippen LogP contribution in [0.5, 0.6) is 0 Å². The van der Waals surface area contributed by atoms with Crippen LogP contribution in [0.2, 0.25) is 5.02 Å². The third kappa shape index (κ3) is 3.56. The molecule has 8 heteroatoms. The number of nitrogen functional groups attached to an aromatic ring is 1. The molecule has 0 amide bonds. The number of rotatable bonds is 4. The lowest BCUT2D eigenvalue weighted by molar-refractivity contribution is -0.385. The Morgan fingerprint density at radius 3 is 2.67 bits per heavy atom. The number of benzene rings is 2. The number of nitrogens with zero attached hydrogens (tertiary/aromatic N) is 1. The van der Waals surface area contributed by atoms with Gasteiger partial charge in [0, 0.05) is 11.8 Å². The quantitative estimate of drug-likeness (QED) is 0.530. The Labute approximate surface area is 127 Å². The molecule has 1 unspecified atom stereocenters. The average molecular weight is 329 g/mol. The van der Waals surface area contributed by atoms with Gasteiger partial charge in [-0.15, -0.1) is 0 Å². The summed E-state index contributed by atoms with van der Waals surface area (Å²) in [6, 6.07) is 7.78. The molecular weight excluding hydrogens is 319 g/mol. The van der Waals surface area contributed by atoms with Crippen molar-refractivity contribution in [1.82, 2.24) is 0 Å².